The van der Waals surface area contributed by atoms with Crippen LogP contribution in [0.1, 0.15) is 32.2 Å². The first-order valence-electron chi connectivity index (χ1n) is 6.60. The first kappa shape index (κ1) is 14.3. The monoisotopic (exact) mass is 284 g/mol. The number of aliphatic hydroxyl groups excluding tert-OH is 1. The van der Waals surface area contributed by atoms with E-state index in [0.29, 0.717) is 30.7 Å². The molecule has 0 spiro atoms. The fourth-order valence-electron chi connectivity index (χ4n) is 1.73. The molecule has 2 N–H and O–H groups in total. The van der Waals surface area contributed by atoms with Crippen LogP contribution in [0.25, 0.3) is 0 Å². The Labute approximate surface area is 117 Å². The largest absolute Gasteiger partial charge is 0.396 e. The van der Waals surface area contributed by atoms with Crippen LogP contribution in [-0.4, -0.2) is 44.7 Å². The molecule has 1 atom stereocenters. The molecule has 6 nitrogen and oxygen atoms in total. The second kappa shape index (κ2) is 6.91. The molecule has 0 radical (unpaired) electrons. The van der Waals surface area contributed by atoms with Crippen molar-refractivity contribution >= 4 is 17.7 Å². The molecule has 1 aliphatic rings. The van der Waals surface area contributed by atoms with Crippen LogP contribution in [-0.2, 0) is 4.79 Å². The molecule has 1 amide bonds. The topological polar surface area (TPSA) is 80.0 Å². The number of nitrogens with zero attached hydrogens (tertiary/aromatic N) is 3. The summed E-state index contributed by atoms with van der Waals surface area (Å²) in [5.74, 6) is 0.659. The van der Waals surface area contributed by atoms with E-state index in [0.717, 1.165) is 5.16 Å². The van der Waals surface area contributed by atoms with Gasteiger partial charge in [-0.3, -0.25) is 4.79 Å². The van der Waals surface area contributed by atoms with Crippen LogP contribution in [0.2, 0.25) is 0 Å². The summed E-state index contributed by atoms with van der Waals surface area (Å²) >= 11 is 1.42. The van der Waals surface area contributed by atoms with Gasteiger partial charge in [-0.15, -0.1) is 10.2 Å². The van der Waals surface area contributed by atoms with E-state index in [-0.39, 0.29) is 12.5 Å². The van der Waals surface area contributed by atoms with Crippen molar-refractivity contribution < 1.29 is 9.90 Å². The summed E-state index contributed by atoms with van der Waals surface area (Å²) in [4.78, 5) is 11.7. The number of carbonyl (C=O) groups is 1. The van der Waals surface area contributed by atoms with Crippen molar-refractivity contribution in [3.8, 4) is 0 Å². The first-order valence-corrected chi connectivity index (χ1v) is 7.59. The van der Waals surface area contributed by atoms with Crippen LogP contribution in [0.3, 0.4) is 0 Å². The summed E-state index contributed by atoms with van der Waals surface area (Å²) in [6, 6.07) is 0.533. The number of nitrogens with one attached hydrogen (secondary N) is 1. The average Bonchev–Trinajstić information content (AvgIpc) is 3.13. The molecule has 1 aromatic heterocycles. The second-order valence-corrected chi connectivity index (χ2v) is 5.90. The van der Waals surface area contributed by atoms with Crippen molar-refractivity contribution in [2.45, 2.75) is 37.4 Å². The maximum absolute atomic E-state index is 11.7. The lowest BCUT2D eigenvalue weighted by Gasteiger charge is -2.10. The summed E-state index contributed by atoms with van der Waals surface area (Å²) in [6.07, 6.45) is 4.80. The molecule has 1 fully saturated rings. The zero-order chi connectivity index (χ0) is 13.7. The maximum Gasteiger partial charge on any atom is 0.230 e. The van der Waals surface area contributed by atoms with Gasteiger partial charge in [-0.2, -0.15) is 0 Å². The number of hydrogen-bond donors (Lipinski definition) is 2. The van der Waals surface area contributed by atoms with Crippen LogP contribution in [0.4, 0.5) is 0 Å². The SMILES string of the molecule is CC(CCO)CNC(=O)CSc1nncn1C1CC1. The fraction of sp³-hybridized carbons (Fsp3) is 0.750. The fourth-order valence-corrected chi connectivity index (χ4v) is 2.54. The minimum atomic E-state index is 0.000127. The summed E-state index contributed by atoms with van der Waals surface area (Å²) in [7, 11) is 0. The number of amides is 1. The zero-order valence-electron chi connectivity index (χ0n) is 11.1. The van der Waals surface area contributed by atoms with E-state index < -0.39 is 0 Å². The normalized spacial score (nSPS) is 16.3. The smallest absolute Gasteiger partial charge is 0.230 e. The molecular formula is C12H20N4O2S. The van der Waals surface area contributed by atoms with Gasteiger partial charge in [-0.25, -0.2) is 0 Å². The van der Waals surface area contributed by atoms with Gasteiger partial charge < -0.3 is 15.0 Å². The molecule has 1 saturated carbocycles. The number of carbonyl (C=O) groups excluding carboxylic acids is 1. The highest BCUT2D eigenvalue weighted by atomic mass is 32.2. The Morgan fingerprint density at radius 1 is 1.68 bits per heavy atom. The molecule has 2 rings (SSSR count). The minimum absolute atomic E-state index is 0.000127. The minimum Gasteiger partial charge on any atom is -0.396 e. The molecule has 7 heteroatoms. The van der Waals surface area contributed by atoms with Gasteiger partial charge >= 0.3 is 0 Å². The number of aromatic nitrogens is 3. The third-order valence-electron chi connectivity index (χ3n) is 3.08. The highest BCUT2D eigenvalue weighted by Crippen LogP contribution is 2.37. The van der Waals surface area contributed by atoms with Gasteiger partial charge in [-0.1, -0.05) is 18.7 Å². The lowest BCUT2D eigenvalue weighted by molar-refractivity contribution is -0.118. The van der Waals surface area contributed by atoms with Crippen LogP contribution >= 0.6 is 11.8 Å². The summed E-state index contributed by atoms with van der Waals surface area (Å²) in [5.41, 5.74) is 0. The van der Waals surface area contributed by atoms with Crippen molar-refractivity contribution in [1.29, 1.82) is 0 Å². The average molecular weight is 284 g/mol. The van der Waals surface area contributed by atoms with E-state index in [4.69, 9.17) is 5.11 Å². The molecule has 19 heavy (non-hydrogen) atoms. The predicted octanol–water partition coefficient (Wildman–Crippen LogP) is 0.840. The Hall–Kier alpha value is -1.08. The summed E-state index contributed by atoms with van der Waals surface area (Å²) in [6.45, 7) is 2.78. The molecular weight excluding hydrogens is 264 g/mol. The van der Waals surface area contributed by atoms with E-state index in [9.17, 15) is 4.79 Å². The van der Waals surface area contributed by atoms with Crippen molar-refractivity contribution in [3.05, 3.63) is 6.33 Å². The number of aliphatic hydroxyl groups is 1. The molecule has 1 aliphatic carbocycles. The van der Waals surface area contributed by atoms with Crippen LogP contribution in [0.15, 0.2) is 11.5 Å². The Kier molecular flexibility index (Phi) is 5.21. The summed E-state index contributed by atoms with van der Waals surface area (Å²) in [5, 5.41) is 20.4. The molecule has 1 aromatic rings. The molecule has 0 bridgehead atoms. The molecule has 0 aromatic carbocycles. The predicted molar refractivity (Wildman–Crippen MR) is 72.9 cm³/mol. The number of hydrogen-bond acceptors (Lipinski definition) is 5. The van der Waals surface area contributed by atoms with Crippen LogP contribution in [0, 0.1) is 5.92 Å². The zero-order valence-corrected chi connectivity index (χ0v) is 11.9. The number of rotatable bonds is 8. The van der Waals surface area contributed by atoms with Crippen LogP contribution < -0.4 is 5.32 Å². The Morgan fingerprint density at radius 2 is 2.47 bits per heavy atom. The lowest BCUT2D eigenvalue weighted by atomic mass is 10.1. The van der Waals surface area contributed by atoms with Gasteiger partial charge in [0.05, 0.1) is 5.75 Å². The third kappa shape index (κ3) is 4.50. The van der Waals surface area contributed by atoms with E-state index in [1.54, 1.807) is 6.33 Å². The van der Waals surface area contributed by atoms with Crippen LogP contribution in [0.5, 0.6) is 0 Å². The van der Waals surface area contributed by atoms with Crippen molar-refractivity contribution in [2.75, 3.05) is 18.9 Å². The quantitative estimate of drug-likeness (QED) is 0.692. The van der Waals surface area contributed by atoms with E-state index in [1.165, 1.54) is 24.6 Å². The standard InChI is InChI=1S/C12H20N4O2S/c1-9(4-5-17)6-13-11(18)7-19-12-15-14-8-16(12)10-2-3-10/h8-10,17H,2-7H2,1H3,(H,13,18). The summed E-state index contributed by atoms with van der Waals surface area (Å²) < 4.78 is 2.05. The van der Waals surface area contributed by atoms with Gasteiger partial charge in [0.2, 0.25) is 5.91 Å². The Bertz CT molecular complexity index is 420. The van der Waals surface area contributed by atoms with Crippen molar-refractivity contribution in [2.24, 2.45) is 5.92 Å². The highest BCUT2D eigenvalue weighted by molar-refractivity contribution is 7.99. The van der Waals surface area contributed by atoms with Gasteiger partial charge in [0.1, 0.15) is 6.33 Å². The van der Waals surface area contributed by atoms with Crippen molar-refractivity contribution in [3.63, 3.8) is 0 Å². The van der Waals surface area contributed by atoms with E-state index >= 15 is 0 Å². The van der Waals surface area contributed by atoms with Crippen molar-refractivity contribution in [1.82, 2.24) is 20.1 Å². The molecule has 1 heterocycles. The first-order chi connectivity index (χ1) is 9.20. The molecule has 1 unspecified atom stereocenters. The number of thioether (sulfide) groups is 1. The lowest BCUT2D eigenvalue weighted by Crippen LogP contribution is -2.30. The Balaban J connectivity index is 1.69. The van der Waals surface area contributed by atoms with E-state index in [2.05, 4.69) is 15.5 Å². The highest BCUT2D eigenvalue weighted by Gasteiger charge is 2.26. The molecule has 106 valence electrons. The molecule has 0 saturated heterocycles. The third-order valence-corrected chi connectivity index (χ3v) is 4.04. The molecule has 0 aliphatic heterocycles. The van der Waals surface area contributed by atoms with Gasteiger partial charge in [0.15, 0.2) is 5.16 Å². The van der Waals surface area contributed by atoms with Gasteiger partial charge in [0.25, 0.3) is 0 Å². The maximum atomic E-state index is 11.7. The van der Waals surface area contributed by atoms with E-state index in [1.807, 2.05) is 11.5 Å². The second-order valence-electron chi connectivity index (χ2n) is 4.96. The Morgan fingerprint density at radius 3 is 3.16 bits per heavy atom. The van der Waals surface area contributed by atoms with Gasteiger partial charge in [-0.05, 0) is 25.2 Å². The van der Waals surface area contributed by atoms with Gasteiger partial charge in [0, 0.05) is 19.2 Å².